The third-order valence-electron chi connectivity index (χ3n) is 0.940. The molecule has 0 saturated heterocycles. The number of hydrogen-bond donors (Lipinski definition) is 1. The minimum absolute atomic E-state index is 0.0765. The summed E-state index contributed by atoms with van der Waals surface area (Å²) in [5.41, 5.74) is 0. The van der Waals surface area contributed by atoms with Crippen LogP contribution >= 0.6 is 11.8 Å². The van der Waals surface area contributed by atoms with Gasteiger partial charge in [-0.15, -0.1) is 13.2 Å². The number of ether oxygens (including phenoxy) is 1. The summed E-state index contributed by atoms with van der Waals surface area (Å²) in [6.07, 6.45) is -3.91. The normalized spacial score (nSPS) is 12.0. The molecule has 0 fully saturated rings. The minimum Gasteiger partial charge on any atom is -0.396 e. The highest BCUT2D eigenvalue weighted by atomic mass is 32.2. The smallest absolute Gasteiger partial charge is 0.396 e. The van der Waals surface area contributed by atoms with Gasteiger partial charge in [-0.1, -0.05) is 0 Å². The second-order valence-electron chi connectivity index (χ2n) is 1.98. The van der Waals surface area contributed by atoms with E-state index in [1.165, 1.54) is 11.8 Å². The molecule has 0 aliphatic carbocycles. The highest BCUT2D eigenvalue weighted by molar-refractivity contribution is 7.99. The number of thioether (sulfide) groups is 1. The molecular weight excluding hydrogens is 193 g/mol. The molecule has 0 spiro atoms. The fourth-order valence-corrected chi connectivity index (χ4v) is 1.22. The van der Waals surface area contributed by atoms with Gasteiger partial charge in [-0.05, 0) is 12.2 Å². The number of alkyl halides is 3. The van der Waals surface area contributed by atoms with Crippen molar-refractivity contribution in [3.63, 3.8) is 0 Å². The molecule has 0 bridgehead atoms. The lowest BCUT2D eigenvalue weighted by atomic mass is 10.5. The third kappa shape index (κ3) is 10.1. The summed E-state index contributed by atoms with van der Waals surface area (Å²) < 4.78 is 37.6. The lowest BCUT2D eigenvalue weighted by Gasteiger charge is -2.06. The van der Waals surface area contributed by atoms with Crippen molar-refractivity contribution in [1.82, 2.24) is 0 Å². The molecule has 6 heteroatoms. The molecule has 0 radical (unpaired) electrons. The quantitative estimate of drug-likeness (QED) is 0.667. The number of rotatable bonds is 6. The van der Waals surface area contributed by atoms with Gasteiger partial charge in [-0.3, -0.25) is 4.74 Å². The number of aliphatic hydroxyl groups excluding tert-OH is 1. The second-order valence-corrected chi connectivity index (χ2v) is 3.21. The number of aliphatic hydroxyl groups is 1. The van der Waals surface area contributed by atoms with Crippen LogP contribution in [-0.4, -0.2) is 36.2 Å². The Labute approximate surface area is 73.1 Å². The standard InChI is InChI=1S/C6H11F3O2S/c7-6(8,9)11-3-5-12-4-1-2-10/h10H,1-5H2. The largest absolute Gasteiger partial charge is 0.522 e. The minimum atomic E-state index is -4.52. The fraction of sp³-hybridized carbons (Fsp3) is 1.00. The van der Waals surface area contributed by atoms with E-state index in [2.05, 4.69) is 4.74 Å². The van der Waals surface area contributed by atoms with Crippen LogP contribution in [0.2, 0.25) is 0 Å². The van der Waals surface area contributed by atoms with Gasteiger partial charge < -0.3 is 5.11 Å². The van der Waals surface area contributed by atoms with Crippen LogP contribution in [0.1, 0.15) is 6.42 Å². The van der Waals surface area contributed by atoms with Gasteiger partial charge in [0, 0.05) is 12.4 Å². The summed E-state index contributed by atoms with van der Waals surface area (Å²) >= 11 is 1.33. The van der Waals surface area contributed by atoms with E-state index in [1.807, 2.05) is 0 Å². The van der Waals surface area contributed by atoms with Crippen LogP contribution in [0.4, 0.5) is 13.2 Å². The van der Waals surface area contributed by atoms with E-state index >= 15 is 0 Å². The van der Waals surface area contributed by atoms with Crippen LogP contribution in [0.25, 0.3) is 0 Å². The molecule has 0 rings (SSSR count). The molecule has 0 saturated carbocycles. The first-order chi connectivity index (χ1) is 5.56. The molecule has 0 atom stereocenters. The molecule has 0 unspecified atom stereocenters. The molecule has 2 nitrogen and oxygen atoms in total. The van der Waals surface area contributed by atoms with Gasteiger partial charge in [0.2, 0.25) is 0 Å². The van der Waals surface area contributed by atoms with Crippen molar-refractivity contribution in [2.75, 3.05) is 24.7 Å². The molecule has 0 heterocycles. The first-order valence-corrected chi connectivity index (χ1v) is 4.61. The summed E-state index contributed by atoms with van der Waals surface area (Å²) in [7, 11) is 0. The van der Waals surface area contributed by atoms with E-state index in [9.17, 15) is 13.2 Å². The molecule has 0 aromatic rings. The average molecular weight is 204 g/mol. The highest BCUT2D eigenvalue weighted by Crippen LogP contribution is 2.16. The predicted molar refractivity (Wildman–Crippen MR) is 41.0 cm³/mol. The van der Waals surface area contributed by atoms with Gasteiger partial charge in [0.05, 0.1) is 6.61 Å². The van der Waals surface area contributed by atoms with Crippen molar-refractivity contribution < 1.29 is 23.0 Å². The van der Waals surface area contributed by atoms with Gasteiger partial charge in [0.25, 0.3) is 0 Å². The second kappa shape index (κ2) is 6.56. The zero-order chi connectivity index (χ0) is 9.45. The highest BCUT2D eigenvalue weighted by Gasteiger charge is 2.28. The van der Waals surface area contributed by atoms with Crippen LogP contribution < -0.4 is 0 Å². The van der Waals surface area contributed by atoms with Crippen LogP contribution in [0.5, 0.6) is 0 Å². The van der Waals surface area contributed by atoms with Gasteiger partial charge in [-0.25, -0.2) is 0 Å². The summed E-state index contributed by atoms with van der Waals surface area (Å²) in [4.78, 5) is 0. The van der Waals surface area contributed by atoms with Crippen molar-refractivity contribution in [2.24, 2.45) is 0 Å². The molecular formula is C6H11F3O2S. The van der Waals surface area contributed by atoms with Crippen molar-refractivity contribution in [3.8, 4) is 0 Å². The lowest BCUT2D eigenvalue weighted by molar-refractivity contribution is -0.322. The van der Waals surface area contributed by atoms with E-state index in [0.29, 0.717) is 17.9 Å². The Kier molecular flexibility index (Phi) is 6.60. The number of halogens is 3. The van der Waals surface area contributed by atoms with Crippen LogP contribution in [0, 0.1) is 0 Å². The van der Waals surface area contributed by atoms with Crippen LogP contribution in [0.15, 0.2) is 0 Å². The van der Waals surface area contributed by atoms with E-state index in [4.69, 9.17) is 5.11 Å². The van der Waals surface area contributed by atoms with Crippen molar-refractivity contribution >= 4 is 11.8 Å². The lowest BCUT2D eigenvalue weighted by Crippen LogP contribution is -2.15. The number of hydrogen-bond acceptors (Lipinski definition) is 3. The molecule has 0 amide bonds. The van der Waals surface area contributed by atoms with Gasteiger partial charge in [0.1, 0.15) is 0 Å². The fourth-order valence-electron chi connectivity index (χ4n) is 0.485. The van der Waals surface area contributed by atoms with Crippen LogP contribution in [-0.2, 0) is 4.74 Å². The van der Waals surface area contributed by atoms with E-state index in [0.717, 1.165) is 0 Å². The van der Waals surface area contributed by atoms with Crippen molar-refractivity contribution in [1.29, 1.82) is 0 Å². The Balaban J connectivity index is 3.01. The first kappa shape index (κ1) is 12.1. The Morgan fingerprint density at radius 1 is 1.25 bits per heavy atom. The van der Waals surface area contributed by atoms with Gasteiger partial charge in [0.15, 0.2) is 0 Å². The molecule has 12 heavy (non-hydrogen) atoms. The predicted octanol–water partition coefficient (Wildman–Crippen LogP) is 1.64. The summed E-state index contributed by atoms with van der Waals surface area (Å²) in [6.45, 7) is -0.243. The summed E-state index contributed by atoms with van der Waals surface area (Å²) in [5, 5.41) is 8.33. The maximum Gasteiger partial charge on any atom is 0.522 e. The van der Waals surface area contributed by atoms with E-state index < -0.39 is 6.36 Å². The zero-order valence-electron chi connectivity index (χ0n) is 6.43. The summed E-state index contributed by atoms with van der Waals surface area (Å²) in [5.74, 6) is 0.969. The Bertz CT molecular complexity index is 107. The van der Waals surface area contributed by atoms with Crippen LogP contribution in [0.3, 0.4) is 0 Å². The van der Waals surface area contributed by atoms with Gasteiger partial charge in [-0.2, -0.15) is 11.8 Å². The Morgan fingerprint density at radius 3 is 2.42 bits per heavy atom. The molecule has 0 aromatic carbocycles. The average Bonchev–Trinajstić information content (AvgIpc) is 1.94. The monoisotopic (exact) mass is 204 g/mol. The zero-order valence-corrected chi connectivity index (χ0v) is 7.25. The van der Waals surface area contributed by atoms with Gasteiger partial charge >= 0.3 is 6.36 Å². The SMILES string of the molecule is OCCCSCCOC(F)(F)F. The summed E-state index contributed by atoms with van der Waals surface area (Å²) in [6, 6.07) is 0. The maximum absolute atomic E-state index is 11.4. The first-order valence-electron chi connectivity index (χ1n) is 3.45. The molecule has 0 aliphatic rings. The van der Waals surface area contributed by atoms with Crippen molar-refractivity contribution in [2.45, 2.75) is 12.8 Å². The Morgan fingerprint density at radius 2 is 1.92 bits per heavy atom. The topological polar surface area (TPSA) is 29.5 Å². The molecule has 0 aliphatic heterocycles. The third-order valence-corrected chi connectivity index (χ3v) is 1.97. The van der Waals surface area contributed by atoms with E-state index in [-0.39, 0.29) is 13.2 Å². The Hall–Kier alpha value is 0.0600. The molecule has 1 N–H and O–H groups in total. The van der Waals surface area contributed by atoms with E-state index in [1.54, 1.807) is 0 Å². The maximum atomic E-state index is 11.4. The van der Waals surface area contributed by atoms with Crippen molar-refractivity contribution in [3.05, 3.63) is 0 Å². The molecule has 74 valence electrons. The molecule has 0 aromatic heterocycles.